The van der Waals surface area contributed by atoms with Crippen molar-refractivity contribution in [2.24, 2.45) is 0 Å². The smallest absolute Gasteiger partial charge is 0.237 e. The standard InChI is InChI=1S/C24H19F3N4OS/c1-15(23(32)28-21-12-11-19(26)13-20(21)27)33-24-30-29-22(17-7-9-18(25)10-8-17)31(24)14-16-5-3-2-4-6-16/h2-13,15H,14H2,1H3,(H,28,32). The molecule has 1 aromatic heterocycles. The SMILES string of the molecule is CC(Sc1nnc(-c2ccc(F)cc2)n1Cc1ccccc1)C(=O)Nc1ccc(F)cc1F. The van der Waals surface area contributed by atoms with Crippen LogP contribution in [0, 0.1) is 17.5 Å². The minimum atomic E-state index is -0.855. The molecule has 0 aliphatic carbocycles. The minimum Gasteiger partial charge on any atom is -0.323 e. The number of hydrogen-bond acceptors (Lipinski definition) is 4. The molecule has 0 spiro atoms. The summed E-state index contributed by atoms with van der Waals surface area (Å²) >= 11 is 1.15. The summed E-state index contributed by atoms with van der Waals surface area (Å²) in [4.78, 5) is 12.6. The number of halogens is 3. The maximum atomic E-state index is 13.9. The number of hydrogen-bond donors (Lipinski definition) is 1. The van der Waals surface area contributed by atoms with E-state index >= 15 is 0 Å². The number of carbonyl (C=O) groups excluding carboxylic acids is 1. The number of thioether (sulfide) groups is 1. The lowest BCUT2D eigenvalue weighted by Crippen LogP contribution is -2.23. The van der Waals surface area contributed by atoms with E-state index in [1.54, 1.807) is 19.1 Å². The van der Waals surface area contributed by atoms with Crippen molar-refractivity contribution in [1.29, 1.82) is 0 Å². The zero-order valence-electron chi connectivity index (χ0n) is 17.5. The molecule has 0 fully saturated rings. The Morgan fingerprint density at radius 2 is 1.67 bits per heavy atom. The summed E-state index contributed by atoms with van der Waals surface area (Å²) in [7, 11) is 0. The third kappa shape index (κ3) is 5.43. The van der Waals surface area contributed by atoms with Gasteiger partial charge in [0.1, 0.15) is 17.5 Å². The Kier molecular flexibility index (Phi) is 6.79. The third-order valence-corrected chi connectivity index (χ3v) is 5.92. The van der Waals surface area contributed by atoms with Crippen LogP contribution in [0.3, 0.4) is 0 Å². The van der Waals surface area contributed by atoms with Crippen molar-refractivity contribution < 1.29 is 18.0 Å². The van der Waals surface area contributed by atoms with Gasteiger partial charge >= 0.3 is 0 Å². The van der Waals surface area contributed by atoms with Crippen LogP contribution in [0.15, 0.2) is 78.0 Å². The first kappa shape index (κ1) is 22.6. The lowest BCUT2D eigenvalue weighted by Gasteiger charge is -2.14. The molecule has 9 heteroatoms. The van der Waals surface area contributed by atoms with Gasteiger partial charge in [-0.3, -0.25) is 9.36 Å². The Hall–Kier alpha value is -3.59. The second kappa shape index (κ2) is 9.91. The summed E-state index contributed by atoms with van der Waals surface area (Å²) in [5, 5.41) is 10.8. The zero-order valence-corrected chi connectivity index (χ0v) is 18.3. The van der Waals surface area contributed by atoms with Crippen LogP contribution >= 0.6 is 11.8 Å². The fourth-order valence-corrected chi connectivity index (χ4v) is 3.98. The number of rotatable bonds is 7. The highest BCUT2D eigenvalue weighted by Gasteiger charge is 2.22. The molecule has 0 saturated heterocycles. The molecule has 1 amide bonds. The van der Waals surface area contributed by atoms with Crippen LogP contribution in [0.2, 0.25) is 0 Å². The quantitative estimate of drug-likeness (QED) is 0.363. The van der Waals surface area contributed by atoms with E-state index < -0.39 is 22.8 Å². The number of carbonyl (C=O) groups is 1. The fourth-order valence-electron chi connectivity index (χ4n) is 3.13. The molecule has 5 nitrogen and oxygen atoms in total. The first-order valence-corrected chi connectivity index (χ1v) is 10.9. The van der Waals surface area contributed by atoms with Gasteiger partial charge in [0.2, 0.25) is 5.91 Å². The number of amides is 1. The van der Waals surface area contributed by atoms with E-state index in [1.807, 2.05) is 34.9 Å². The molecule has 4 aromatic rings. The van der Waals surface area contributed by atoms with Crippen LogP contribution in [-0.4, -0.2) is 25.9 Å². The maximum Gasteiger partial charge on any atom is 0.237 e. The Balaban J connectivity index is 1.59. The Morgan fingerprint density at radius 3 is 2.36 bits per heavy atom. The Labute approximate surface area is 192 Å². The van der Waals surface area contributed by atoms with Crippen molar-refractivity contribution in [3.63, 3.8) is 0 Å². The summed E-state index contributed by atoms with van der Waals surface area (Å²) < 4.78 is 42.3. The first-order valence-electron chi connectivity index (χ1n) is 10.1. The molecule has 1 heterocycles. The molecule has 0 bridgehead atoms. The van der Waals surface area contributed by atoms with E-state index in [0.29, 0.717) is 29.2 Å². The molecule has 0 aliphatic rings. The van der Waals surface area contributed by atoms with Gasteiger partial charge in [0.25, 0.3) is 0 Å². The monoisotopic (exact) mass is 468 g/mol. The molecular formula is C24H19F3N4OS. The zero-order chi connectivity index (χ0) is 23.4. The van der Waals surface area contributed by atoms with E-state index in [2.05, 4.69) is 15.5 Å². The number of nitrogens with zero attached hydrogens (tertiary/aromatic N) is 3. The highest BCUT2D eigenvalue weighted by Crippen LogP contribution is 2.29. The predicted molar refractivity (Wildman–Crippen MR) is 121 cm³/mol. The van der Waals surface area contributed by atoms with E-state index in [4.69, 9.17) is 0 Å². The highest BCUT2D eigenvalue weighted by atomic mass is 32.2. The lowest BCUT2D eigenvalue weighted by atomic mass is 10.2. The fraction of sp³-hybridized carbons (Fsp3) is 0.125. The number of anilines is 1. The summed E-state index contributed by atoms with van der Waals surface area (Å²) in [6.45, 7) is 2.09. The average molecular weight is 469 g/mol. The van der Waals surface area contributed by atoms with Gasteiger partial charge in [-0.2, -0.15) is 0 Å². The van der Waals surface area contributed by atoms with Gasteiger partial charge in [0, 0.05) is 11.6 Å². The Bertz CT molecular complexity index is 1260. The van der Waals surface area contributed by atoms with Crippen molar-refractivity contribution in [1.82, 2.24) is 14.8 Å². The molecule has 0 aliphatic heterocycles. The molecule has 33 heavy (non-hydrogen) atoms. The Morgan fingerprint density at radius 1 is 0.970 bits per heavy atom. The second-order valence-electron chi connectivity index (χ2n) is 7.26. The van der Waals surface area contributed by atoms with Crippen molar-refractivity contribution in [2.45, 2.75) is 23.9 Å². The van der Waals surface area contributed by atoms with Gasteiger partial charge in [-0.05, 0) is 48.9 Å². The van der Waals surface area contributed by atoms with Gasteiger partial charge < -0.3 is 5.32 Å². The summed E-state index contributed by atoms with van der Waals surface area (Å²) in [6, 6.07) is 18.5. The van der Waals surface area contributed by atoms with Gasteiger partial charge in [0.05, 0.1) is 17.5 Å². The van der Waals surface area contributed by atoms with E-state index in [0.717, 1.165) is 23.4 Å². The van der Waals surface area contributed by atoms with Crippen LogP contribution in [0.4, 0.5) is 18.9 Å². The molecule has 0 radical (unpaired) electrons. The molecule has 4 rings (SSSR count). The summed E-state index contributed by atoms with van der Waals surface area (Å²) in [6.07, 6.45) is 0. The highest BCUT2D eigenvalue weighted by molar-refractivity contribution is 8.00. The normalized spacial score (nSPS) is 11.9. The number of aromatic nitrogens is 3. The van der Waals surface area contributed by atoms with Gasteiger partial charge in [-0.1, -0.05) is 42.1 Å². The van der Waals surface area contributed by atoms with Gasteiger partial charge in [0.15, 0.2) is 11.0 Å². The van der Waals surface area contributed by atoms with Crippen molar-refractivity contribution in [2.75, 3.05) is 5.32 Å². The molecule has 1 unspecified atom stereocenters. The van der Waals surface area contributed by atoms with Crippen LogP contribution < -0.4 is 5.32 Å². The second-order valence-corrected chi connectivity index (χ2v) is 8.57. The van der Waals surface area contributed by atoms with E-state index in [9.17, 15) is 18.0 Å². The molecule has 168 valence electrons. The topological polar surface area (TPSA) is 59.8 Å². The minimum absolute atomic E-state index is 0.105. The van der Waals surface area contributed by atoms with Crippen molar-refractivity contribution in [3.05, 3.63) is 95.8 Å². The number of benzene rings is 3. The van der Waals surface area contributed by atoms with Crippen molar-refractivity contribution in [3.8, 4) is 11.4 Å². The maximum absolute atomic E-state index is 13.9. The third-order valence-electron chi connectivity index (χ3n) is 4.84. The van der Waals surface area contributed by atoms with Crippen LogP contribution in [0.5, 0.6) is 0 Å². The number of nitrogens with one attached hydrogen (secondary N) is 1. The predicted octanol–water partition coefficient (Wildman–Crippen LogP) is 5.53. The van der Waals surface area contributed by atoms with Gasteiger partial charge in [-0.15, -0.1) is 10.2 Å². The average Bonchev–Trinajstić information content (AvgIpc) is 3.18. The molecule has 1 atom stereocenters. The molecule has 1 N–H and O–H groups in total. The van der Waals surface area contributed by atoms with E-state index in [1.165, 1.54) is 18.2 Å². The van der Waals surface area contributed by atoms with Crippen LogP contribution in [0.25, 0.3) is 11.4 Å². The lowest BCUT2D eigenvalue weighted by molar-refractivity contribution is -0.115. The first-order chi connectivity index (χ1) is 15.9. The van der Waals surface area contributed by atoms with E-state index in [-0.39, 0.29) is 11.5 Å². The van der Waals surface area contributed by atoms with Crippen LogP contribution in [-0.2, 0) is 11.3 Å². The summed E-state index contributed by atoms with van der Waals surface area (Å²) in [5.74, 6) is -1.89. The molecular weight excluding hydrogens is 449 g/mol. The van der Waals surface area contributed by atoms with Crippen molar-refractivity contribution >= 4 is 23.4 Å². The van der Waals surface area contributed by atoms with Gasteiger partial charge in [-0.25, -0.2) is 13.2 Å². The molecule has 0 saturated carbocycles. The van der Waals surface area contributed by atoms with Crippen LogP contribution in [0.1, 0.15) is 12.5 Å². The molecule has 3 aromatic carbocycles. The summed E-state index contributed by atoms with van der Waals surface area (Å²) in [5.41, 5.74) is 1.57. The largest absolute Gasteiger partial charge is 0.323 e.